The Morgan fingerprint density at radius 3 is 2.53 bits per heavy atom. The average molecular weight is 234 g/mol. The van der Waals surface area contributed by atoms with Gasteiger partial charge in [0, 0.05) is 35.9 Å². The largest absolute Gasteiger partial charge is 0.321 e. The van der Waals surface area contributed by atoms with E-state index in [2.05, 4.69) is 41.6 Å². The number of aromatic nitrogens is 2. The molecular weight excluding hydrogens is 212 g/mol. The summed E-state index contributed by atoms with van der Waals surface area (Å²) >= 11 is 0. The maximum absolute atomic E-state index is 6.17. The Balaban J connectivity index is 1.66. The van der Waals surface area contributed by atoms with Gasteiger partial charge in [0.15, 0.2) is 0 Å². The summed E-state index contributed by atoms with van der Waals surface area (Å²) in [5.74, 6) is 0. The summed E-state index contributed by atoms with van der Waals surface area (Å²) in [6, 6.07) is 0.533. The molecule has 0 amide bonds. The van der Waals surface area contributed by atoms with Crippen molar-refractivity contribution in [1.82, 2.24) is 14.7 Å². The summed E-state index contributed by atoms with van der Waals surface area (Å²) in [5, 5.41) is 4.47. The van der Waals surface area contributed by atoms with Crippen molar-refractivity contribution >= 4 is 0 Å². The van der Waals surface area contributed by atoms with Crippen molar-refractivity contribution in [2.75, 3.05) is 13.1 Å². The van der Waals surface area contributed by atoms with Gasteiger partial charge in [0.1, 0.15) is 0 Å². The van der Waals surface area contributed by atoms with Crippen LogP contribution in [-0.2, 0) is 5.54 Å². The molecule has 1 saturated carbocycles. The van der Waals surface area contributed by atoms with Gasteiger partial charge in [-0.3, -0.25) is 9.58 Å². The second-order valence-corrected chi connectivity index (χ2v) is 6.59. The van der Waals surface area contributed by atoms with E-state index in [-0.39, 0.29) is 11.1 Å². The maximum Gasteiger partial charge on any atom is 0.0773 e. The van der Waals surface area contributed by atoms with Gasteiger partial charge in [0.25, 0.3) is 0 Å². The summed E-state index contributed by atoms with van der Waals surface area (Å²) in [4.78, 5) is 2.48. The van der Waals surface area contributed by atoms with Crippen LogP contribution in [0.1, 0.15) is 45.2 Å². The lowest BCUT2D eigenvalue weighted by molar-refractivity contribution is 0.0154. The molecule has 1 saturated heterocycles. The lowest BCUT2D eigenvalue weighted by Gasteiger charge is -2.47. The highest BCUT2D eigenvalue weighted by Gasteiger charge is 2.42. The van der Waals surface area contributed by atoms with E-state index in [9.17, 15) is 0 Å². The van der Waals surface area contributed by atoms with E-state index in [1.807, 2.05) is 6.20 Å². The smallest absolute Gasteiger partial charge is 0.0773 e. The van der Waals surface area contributed by atoms with Crippen molar-refractivity contribution < 1.29 is 0 Å². The molecule has 3 rings (SSSR count). The fourth-order valence-electron chi connectivity index (χ4n) is 2.39. The number of hydrogen-bond donors (Lipinski definition) is 1. The van der Waals surface area contributed by atoms with Crippen molar-refractivity contribution in [3.05, 3.63) is 18.0 Å². The minimum Gasteiger partial charge on any atom is -0.321 e. The number of nitrogens with two attached hydrogens (primary N) is 1. The molecule has 0 atom stereocenters. The van der Waals surface area contributed by atoms with Gasteiger partial charge in [-0.25, -0.2) is 0 Å². The molecule has 1 aliphatic carbocycles. The molecule has 2 fully saturated rings. The van der Waals surface area contributed by atoms with Crippen LogP contribution in [0.2, 0.25) is 0 Å². The van der Waals surface area contributed by atoms with E-state index in [0.29, 0.717) is 6.04 Å². The molecule has 4 nitrogen and oxygen atoms in total. The predicted molar refractivity (Wildman–Crippen MR) is 67.7 cm³/mol. The van der Waals surface area contributed by atoms with E-state index in [1.165, 1.54) is 5.56 Å². The van der Waals surface area contributed by atoms with E-state index < -0.39 is 0 Å². The Morgan fingerprint density at radius 1 is 1.35 bits per heavy atom. The van der Waals surface area contributed by atoms with Gasteiger partial charge in [-0.15, -0.1) is 0 Å². The predicted octanol–water partition coefficient (Wildman–Crippen LogP) is 1.49. The summed E-state index contributed by atoms with van der Waals surface area (Å²) in [7, 11) is 0. The second kappa shape index (κ2) is 3.33. The van der Waals surface area contributed by atoms with Crippen LogP contribution in [0.4, 0.5) is 0 Å². The van der Waals surface area contributed by atoms with Crippen LogP contribution in [0.3, 0.4) is 0 Å². The number of nitrogens with zero attached hydrogens (tertiary/aromatic N) is 3. The highest BCUT2D eigenvalue weighted by Crippen LogP contribution is 2.42. The fraction of sp³-hybridized carbons (Fsp3) is 0.769. The molecule has 2 N–H and O–H groups in total. The Kier molecular flexibility index (Phi) is 2.20. The van der Waals surface area contributed by atoms with E-state index in [4.69, 9.17) is 5.73 Å². The number of likely N-dealkylation sites (tertiary alicyclic amines) is 1. The molecule has 4 heteroatoms. The molecule has 2 aliphatic rings. The summed E-state index contributed by atoms with van der Waals surface area (Å²) in [5.41, 5.74) is 7.61. The minimum atomic E-state index is -0.0499. The number of hydrogen-bond acceptors (Lipinski definition) is 3. The molecule has 0 spiro atoms. The molecule has 0 unspecified atom stereocenters. The third kappa shape index (κ3) is 1.89. The average Bonchev–Trinajstić information content (AvgIpc) is 2.72. The highest BCUT2D eigenvalue weighted by molar-refractivity contribution is 5.24. The van der Waals surface area contributed by atoms with Crippen LogP contribution in [0, 0.1) is 0 Å². The van der Waals surface area contributed by atoms with Crippen LogP contribution < -0.4 is 5.73 Å². The highest BCUT2D eigenvalue weighted by atomic mass is 15.4. The van der Waals surface area contributed by atoms with Crippen molar-refractivity contribution in [2.45, 2.75) is 50.7 Å². The molecule has 94 valence electrons. The van der Waals surface area contributed by atoms with Gasteiger partial charge in [-0.2, -0.15) is 5.10 Å². The van der Waals surface area contributed by atoms with Crippen molar-refractivity contribution in [1.29, 1.82) is 0 Å². The first-order chi connectivity index (χ1) is 7.88. The van der Waals surface area contributed by atoms with Gasteiger partial charge in [-0.1, -0.05) is 0 Å². The van der Waals surface area contributed by atoms with E-state index in [0.717, 1.165) is 25.9 Å². The molecule has 1 aromatic heterocycles. The summed E-state index contributed by atoms with van der Waals surface area (Å²) in [6.07, 6.45) is 6.32. The van der Waals surface area contributed by atoms with Gasteiger partial charge < -0.3 is 5.73 Å². The molecule has 0 radical (unpaired) electrons. The van der Waals surface area contributed by atoms with Gasteiger partial charge in [-0.05, 0) is 33.6 Å². The van der Waals surface area contributed by atoms with Crippen LogP contribution in [0.25, 0.3) is 0 Å². The van der Waals surface area contributed by atoms with Gasteiger partial charge >= 0.3 is 0 Å². The standard InChI is InChI=1S/C13H22N4/c1-12(2,3)16-8-11(9-16)17-7-10(6-15-17)13(14)4-5-13/h6-7,11H,4-5,8-9,14H2,1-3H3. The summed E-state index contributed by atoms with van der Waals surface area (Å²) in [6.45, 7) is 8.98. The molecule has 1 aliphatic heterocycles. The van der Waals surface area contributed by atoms with Crippen molar-refractivity contribution in [3.63, 3.8) is 0 Å². The minimum absolute atomic E-state index is 0.0499. The third-order valence-electron chi connectivity index (χ3n) is 4.15. The zero-order chi connectivity index (χ0) is 12.3. The Labute approximate surface area is 103 Å². The molecule has 0 bridgehead atoms. The lowest BCUT2D eigenvalue weighted by Crippen LogP contribution is -2.56. The first-order valence-electron chi connectivity index (χ1n) is 6.47. The van der Waals surface area contributed by atoms with Crippen LogP contribution >= 0.6 is 0 Å². The normalized spacial score (nSPS) is 24.7. The quantitative estimate of drug-likeness (QED) is 0.843. The first-order valence-corrected chi connectivity index (χ1v) is 6.47. The Hall–Kier alpha value is -0.870. The number of rotatable bonds is 2. The maximum atomic E-state index is 6.17. The van der Waals surface area contributed by atoms with Crippen LogP contribution in [0.5, 0.6) is 0 Å². The summed E-state index contributed by atoms with van der Waals surface area (Å²) < 4.78 is 2.10. The topological polar surface area (TPSA) is 47.1 Å². The van der Waals surface area contributed by atoms with E-state index in [1.54, 1.807) is 0 Å². The van der Waals surface area contributed by atoms with Crippen LogP contribution in [-0.4, -0.2) is 33.3 Å². The molecule has 0 aromatic carbocycles. The molecule has 17 heavy (non-hydrogen) atoms. The van der Waals surface area contributed by atoms with Crippen molar-refractivity contribution in [2.24, 2.45) is 5.73 Å². The fourth-order valence-corrected chi connectivity index (χ4v) is 2.39. The van der Waals surface area contributed by atoms with Crippen molar-refractivity contribution in [3.8, 4) is 0 Å². The Morgan fingerprint density at radius 2 is 2.00 bits per heavy atom. The first kappa shape index (κ1) is 11.2. The zero-order valence-corrected chi connectivity index (χ0v) is 11.0. The van der Waals surface area contributed by atoms with Gasteiger partial charge in [0.2, 0.25) is 0 Å². The Bertz CT molecular complexity index is 419. The zero-order valence-electron chi connectivity index (χ0n) is 11.0. The second-order valence-electron chi connectivity index (χ2n) is 6.59. The van der Waals surface area contributed by atoms with Crippen LogP contribution in [0.15, 0.2) is 12.4 Å². The van der Waals surface area contributed by atoms with E-state index >= 15 is 0 Å². The van der Waals surface area contributed by atoms with Gasteiger partial charge in [0.05, 0.1) is 12.2 Å². The monoisotopic (exact) mass is 234 g/mol. The third-order valence-corrected chi connectivity index (χ3v) is 4.15. The SMILES string of the molecule is CC(C)(C)N1CC(n2cc(C3(N)CC3)cn2)C1. The molecular formula is C13H22N4. The lowest BCUT2D eigenvalue weighted by atomic mass is 9.98. The molecule has 1 aromatic rings. The molecule has 2 heterocycles.